The lowest BCUT2D eigenvalue weighted by atomic mass is 9.95. The minimum absolute atomic E-state index is 0.275. The molecule has 1 N–H and O–H groups in total. The number of nitrogens with zero attached hydrogens (tertiary/aromatic N) is 2. The first-order chi connectivity index (χ1) is 15.3. The molecule has 0 fully saturated rings. The van der Waals surface area contributed by atoms with Crippen LogP contribution in [0.15, 0.2) is 42.5 Å². The van der Waals surface area contributed by atoms with Gasteiger partial charge in [-0.2, -0.15) is 18.3 Å². The van der Waals surface area contributed by atoms with Gasteiger partial charge in [0.1, 0.15) is 11.5 Å². The Balaban J connectivity index is 1.59. The van der Waals surface area contributed by atoms with Crippen molar-refractivity contribution in [2.24, 2.45) is 0 Å². The summed E-state index contributed by atoms with van der Waals surface area (Å²) in [6, 6.07) is 11.3. The fourth-order valence-electron chi connectivity index (χ4n) is 3.89. The number of methoxy groups -OCH3 is 2. The van der Waals surface area contributed by atoms with Gasteiger partial charge in [-0.15, -0.1) is 0 Å². The smallest absolute Gasteiger partial charge is 0.435 e. The highest BCUT2D eigenvalue weighted by Gasteiger charge is 2.39. The molecule has 2 aromatic carbocycles. The van der Waals surface area contributed by atoms with E-state index in [1.165, 1.54) is 18.9 Å². The van der Waals surface area contributed by atoms with Crippen molar-refractivity contribution >= 4 is 11.6 Å². The number of carbonyl (C=O) groups is 1. The van der Waals surface area contributed by atoms with Crippen LogP contribution in [0.5, 0.6) is 11.5 Å². The average molecular weight is 445 g/mol. The van der Waals surface area contributed by atoms with Crippen LogP contribution in [-0.4, -0.2) is 29.9 Å². The standard InChI is InChI=1S/C23H22F3N3O3/c1-31-16-11-12-18(20(13-16)32-2)27-22(30)14-7-9-15(10-8-14)29-19-6-4-3-5-17(19)21(28-29)23(24,25)26/h7-13H,3-6H2,1-2H3,(H,27,30). The van der Waals surface area contributed by atoms with Gasteiger partial charge >= 0.3 is 6.18 Å². The van der Waals surface area contributed by atoms with E-state index in [0.717, 1.165) is 12.8 Å². The van der Waals surface area contributed by atoms with Crippen LogP contribution < -0.4 is 14.8 Å². The molecule has 1 heterocycles. The van der Waals surface area contributed by atoms with Crippen molar-refractivity contribution < 1.29 is 27.4 Å². The first-order valence-electron chi connectivity index (χ1n) is 10.1. The molecule has 0 saturated carbocycles. The van der Waals surface area contributed by atoms with Crippen molar-refractivity contribution in [1.29, 1.82) is 0 Å². The van der Waals surface area contributed by atoms with E-state index >= 15 is 0 Å². The number of alkyl halides is 3. The number of hydrogen-bond donors (Lipinski definition) is 1. The van der Waals surface area contributed by atoms with E-state index in [1.54, 1.807) is 42.5 Å². The summed E-state index contributed by atoms with van der Waals surface area (Å²) in [5.74, 6) is 0.653. The maximum Gasteiger partial charge on any atom is 0.435 e. The zero-order valence-corrected chi connectivity index (χ0v) is 17.6. The van der Waals surface area contributed by atoms with E-state index in [2.05, 4.69) is 10.4 Å². The van der Waals surface area contributed by atoms with Gasteiger partial charge in [0.05, 0.1) is 25.6 Å². The minimum Gasteiger partial charge on any atom is -0.497 e. The molecule has 168 valence electrons. The quantitative estimate of drug-likeness (QED) is 0.598. The van der Waals surface area contributed by atoms with Crippen LogP contribution in [0.25, 0.3) is 5.69 Å². The molecule has 1 aliphatic rings. The first-order valence-corrected chi connectivity index (χ1v) is 10.1. The van der Waals surface area contributed by atoms with Gasteiger partial charge in [0.15, 0.2) is 5.69 Å². The Morgan fingerprint density at radius 1 is 1.03 bits per heavy atom. The third-order valence-corrected chi connectivity index (χ3v) is 5.48. The highest BCUT2D eigenvalue weighted by atomic mass is 19.4. The Labute approximate surface area is 183 Å². The van der Waals surface area contributed by atoms with Gasteiger partial charge < -0.3 is 14.8 Å². The maximum absolute atomic E-state index is 13.4. The molecule has 0 unspecified atom stereocenters. The van der Waals surface area contributed by atoms with Gasteiger partial charge in [-0.25, -0.2) is 4.68 Å². The van der Waals surface area contributed by atoms with Crippen LogP contribution in [0.2, 0.25) is 0 Å². The second-order valence-electron chi connectivity index (χ2n) is 7.46. The zero-order valence-electron chi connectivity index (χ0n) is 17.6. The number of carbonyl (C=O) groups excluding carboxylic acids is 1. The summed E-state index contributed by atoms with van der Waals surface area (Å²) in [7, 11) is 3.02. The first kappa shape index (κ1) is 21.7. The van der Waals surface area contributed by atoms with Crippen molar-refractivity contribution in [2.45, 2.75) is 31.9 Å². The summed E-state index contributed by atoms with van der Waals surface area (Å²) in [5, 5.41) is 6.65. The van der Waals surface area contributed by atoms with E-state index in [4.69, 9.17) is 9.47 Å². The van der Waals surface area contributed by atoms with Crippen LogP contribution in [0.1, 0.15) is 40.2 Å². The molecule has 0 aliphatic heterocycles. The molecule has 3 aromatic rings. The van der Waals surface area contributed by atoms with Gasteiger partial charge in [-0.1, -0.05) is 0 Å². The fraction of sp³-hybridized carbons (Fsp3) is 0.304. The number of amides is 1. The molecule has 0 radical (unpaired) electrons. The molecule has 0 atom stereocenters. The van der Waals surface area contributed by atoms with Crippen molar-refractivity contribution in [3.63, 3.8) is 0 Å². The lowest BCUT2D eigenvalue weighted by Gasteiger charge is -2.15. The monoisotopic (exact) mass is 445 g/mol. The molecule has 4 rings (SSSR count). The third-order valence-electron chi connectivity index (χ3n) is 5.48. The van der Waals surface area contributed by atoms with Crippen molar-refractivity contribution in [2.75, 3.05) is 19.5 Å². The lowest BCUT2D eigenvalue weighted by molar-refractivity contribution is -0.142. The van der Waals surface area contributed by atoms with Crippen LogP contribution in [0.3, 0.4) is 0 Å². The number of benzene rings is 2. The van der Waals surface area contributed by atoms with E-state index in [9.17, 15) is 18.0 Å². The number of fused-ring (bicyclic) bond motifs is 1. The van der Waals surface area contributed by atoms with Gasteiger partial charge in [0.25, 0.3) is 5.91 Å². The number of halogens is 3. The van der Waals surface area contributed by atoms with E-state index in [-0.39, 0.29) is 11.5 Å². The summed E-state index contributed by atoms with van der Waals surface area (Å²) in [6.07, 6.45) is -2.05. The molecular weight excluding hydrogens is 423 g/mol. The average Bonchev–Trinajstić information content (AvgIpc) is 3.20. The second-order valence-corrected chi connectivity index (χ2v) is 7.46. The number of ether oxygens (including phenoxy) is 2. The van der Waals surface area contributed by atoms with E-state index < -0.39 is 11.9 Å². The SMILES string of the molecule is COc1ccc(NC(=O)c2ccc(-n3nc(C(F)(F)F)c4c3CCCC4)cc2)c(OC)c1. The van der Waals surface area contributed by atoms with Crippen molar-refractivity contribution in [3.8, 4) is 17.2 Å². The van der Waals surface area contributed by atoms with Gasteiger partial charge in [-0.05, 0) is 62.1 Å². The van der Waals surface area contributed by atoms with Gasteiger partial charge in [-0.3, -0.25) is 4.79 Å². The molecular formula is C23H22F3N3O3. The van der Waals surface area contributed by atoms with Crippen molar-refractivity contribution in [3.05, 3.63) is 65.0 Å². The predicted octanol–water partition coefficient (Wildman–Crippen LogP) is 5.04. The molecule has 0 spiro atoms. The highest BCUT2D eigenvalue weighted by molar-refractivity contribution is 6.05. The normalized spacial score (nSPS) is 13.4. The molecule has 32 heavy (non-hydrogen) atoms. The summed E-state index contributed by atoms with van der Waals surface area (Å²) >= 11 is 0. The molecule has 0 saturated heterocycles. The molecule has 1 aliphatic carbocycles. The summed E-state index contributed by atoms with van der Waals surface area (Å²) in [4.78, 5) is 12.7. The summed E-state index contributed by atoms with van der Waals surface area (Å²) < 4.78 is 52.1. The Hall–Kier alpha value is -3.49. The molecule has 1 aromatic heterocycles. The number of nitrogens with one attached hydrogen (secondary N) is 1. The van der Waals surface area contributed by atoms with E-state index in [0.29, 0.717) is 47.0 Å². The van der Waals surface area contributed by atoms with Crippen LogP contribution >= 0.6 is 0 Å². The molecule has 1 amide bonds. The molecule has 0 bridgehead atoms. The Bertz CT molecular complexity index is 1140. The van der Waals surface area contributed by atoms with Crippen LogP contribution in [-0.2, 0) is 19.0 Å². The van der Waals surface area contributed by atoms with Crippen LogP contribution in [0, 0.1) is 0 Å². The Morgan fingerprint density at radius 3 is 2.41 bits per heavy atom. The maximum atomic E-state index is 13.4. The fourth-order valence-corrected chi connectivity index (χ4v) is 3.89. The zero-order chi connectivity index (χ0) is 22.9. The predicted molar refractivity (Wildman–Crippen MR) is 113 cm³/mol. The topological polar surface area (TPSA) is 65.4 Å². The minimum atomic E-state index is -4.50. The number of aromatic nitrogens is 2. The van der Waals surface area contributed by atoms with Crippen LogP contribution in [0.4, 0.5) is 18.9 Å². The number of anilines is 1. The molecule has 6 nitrogen and oxygen atoms in total. The third kappa shape index (κ3) is 4.15. The Kier molecular flexibility index (Phi) is 5.82. The Morgan fingerprint density at radius 2 is 1.75 bits per heavy atom. The summed E-state index contributed by atoms with van der Waals surface area (Å²) in [6.45, 7) is 0. The number of rotatable bonds is 5. The lowest BCUT2D eigenvalue weighted by Crippen LogP contribution is -2.13. The van der Waals surface area contributed by atoms with Crippen molar-refractivity contribution in [1.82, 2.24) is 9.78 Å². The summed E-state index contributed by atoms with van der Waals surface area (Å²) in [5.41, 5.74) is 1.35. The van der Waals surface area contributed by atoms with E-state index in [1.807, 2.05) is 0 Å². The second kappa shape index (κ2) is 8.57. The van der Waals surface area contributed by atoms with Gasteiger partial charge in [0.2, 0.25) is 0 Å². The highest BCUT2D eigenvalue weighted by Crippen LogP contribution is 2.37. The largest absolute Gasteiger partial charge is 0.497 e. The van der Waals surface area contributed by atoms with Gasteiger partial charge in [0, 0.05) is 22.9 Å². The number of hydrogen-bond acceptors (Lipinski definition) is 4. The molecule has 9 heteroatoms.